The molecule has 44 heteroatoms. The normalized spacial score (nSPS) is 43.5. The Morgan fingerprint density at radius 2 is 0.842 bits per heavy atom. The second-order valence-corrected chi connectivity index (χ2v) is 33.6. The van der Waals surface area contributed by atoms with Crippen LogP contribution < -0.4 is 63.8 Å². The largest absolute Gasteiger partial charge is 0.481 e. The van der Waals surface area contributed by atoms with E-state index < -0.39 is 219 Å². The lowest BCUT2D eigenvalue weighted by molar-refractivity contribution is -0.258. The summed E-state index contributed by atoms with van der Waals surface area (Å²) in [5.74, 6) is -7.14. The molecule has 0 aromatic carbocycles. The maximum Gasteiger partial charge on any atom is 0.308 e. The number of carboxylic acid groups (broad SMARTS) is 1. The molecule has 0 radical (unpaired) electrons. The monoisotopic (exact) mass is 1440 g/mol. The molecule has 548 valence electrons. The quantitative estimate of drug-likeness (QED) is 0.0157. The Hall–Kier alpha value is -2.57. The second-order valence-electron chi connectivity index (χ2n) is 27.0. The van der Waals surface area contributed by atoms with Crippen LogP contribution in [0.5, 0.6) is 0 Å². The minimum atomic E-state index is -4.97. The third-order valence-corrected chi connectivity index (χ3v) is 25.8. The van der Waals surface area contributed by atoms with Crippen molar-refractivity contribution in [2.24, 2.45) is 61.9 Å². The SMILES string of the molecule is O=C(O)C1CC(NC2NC(NCCO)NC(NC3CC(S(=O)(=O)O)CC4CC(S(=O)(=O)O)C(N=NC5CCC(O)C(COO)C5)C(O)C43)N2)CCC1NC1NC(NCCO)NC(NC2CC(S(=O)(=O)O)CC3CC(S(=O)(=O)O)C(N=NC4CCC(O)C(COO)C4)C(O)C32)N1. The molecule has 9 rings (SSSR count). The number of azo groups is 2. The lowest BCUT2D eigenvalue weighted by Gasteiger charge is -2.51. The lowest BCUT2D eigenvalue weighted by Crippen LogP contribution is -2.80. The topological polar surface area (TPSA) is 629 Å². The van der Waals surface area contributed by atoms with E-state index in [1.165, 1.54) is 0 Å². The molecule has 29 atom stereocenters. The zero-order valence-corrected chi connectivity index (χ0v) is 55.1. The molecule has 0 aromatic rings. The fraction of sp³-hybridized carbons (Fsp3) is 0.980. The maximum absolute atomic E-state index is 13.3. The van der Waals surface area contributed by atoms with Crippen LogP contribution in [-0.4, -0.2) is 275 Å². The van der Waals surface area contributed by atoms with Crippen LogP contribution in [0.2, 0.25) is 0 Å². The van der Waals surface area contributed by atoms with Gasteiger partial charge in [0.05, 0.1) is 79.3 Å². The molecular weight excluding hydrogens is 1350 g/mol. The van der Waals surface area contributed by atoms with Crippen LogP contribution in [0.4, 0.5) is 0 Å². The minimum Gasteiger partial charge on any atom is -0.481 e. The number of aliphatic hydroxyl groups excluding tert-OH is 6. The summed E-state index contributed by atoms with van der Waals surface area (Å²) >= 11 is 0. The van der Waals surface area contributed by atoms with E-state index in [1.807, 2.05) is 0 Å². The zero-order chi connectivity index (χ0) is 68.9. The first-order chi connectivity index (χ1) is 44.8. The molecule has 9 fully saturated rings. The Morgan fingerprint density at radius 1 is 0.453 bits per heavy atom. The van der Waals surface area contributed by atoms with Gasteiger partial charge in [-0.05, 0) is 108 Å². The van der Waals surface area contributed by atoms with E-state index in [-0.39, 0.29) is 117 Å². The number of aliphatic carboxylic acids is 1. The summed E-state index contributed by atoms with van der Waals surface area (Å²) in [7, 11) is -19.5. The maximum atomic E-state index is 13.3. The van der Waals surface area contributed by atoms with Crippen molar-refractivity contribution in [1.29, 1.82) is 0 Å². The van der Waals surface area contributed by atoms with Crippen LogP contribution in [-0.2, 0) is 55.0 Å². The molecule has 2 aliphatic heterocycles. The number of rotatable bonds is 27. The van der Waals surface area contributed by atoms with Gasteiger partial charge in [0.1, 0.15) is 60.3 Å². The van der Waals surface area contributed by atoms with Crippen LogP contribution in [0.15, 0.2) is 20.5 Å². The molecule has 29 unspecified atom stereocenters. The molecule has 0 bridgehead atoms. The fourth-order valence-corrected chi connectivity index (χ4v) is 20.3. The van der Waals surface area contributed by atoms with Gasteiger partial charge in [0.25, 0.3) is 40.5 Å². The van der Waals surface area contributed by atoms with Crippen molar-refractivity contribution in [2.75, 3.05) is 39.5 Å². The highest BCUT2D eigenvalue weighted by atomic mass is 32.2. The van der Waals surface area contributed by atoms with Crippen molar-refractivity contribution in [3.05, 3.63) is 0 Å². The predicted molar refractivity (Wildman–Crippen MR) is 328 cm³/mol. The number of carboxylic acids is 1. The number of nitrogens with one attached hydrogen (secondary N) is 12. The van der Waals surface area contributed by atoms with E-state index in [0.29, 0.717) is 19.3 Å². The number of nitrogens with zero attached hydrogens (tertiary/aromatic N) is 4. The molecule has 40 nitrogen and oxygen atoms in total. The molecular formula is C51H96N16O24S4. The third-order valence-electron chi connectivity index (χ3n) is 20.9. The van der Waals surface area contributed by atoms with Gasteiger partial charge in [-0.15, -0.1) is 0 Å². The van der Waals surface area contributed by atoms with E-state index in [9.17, 15) is 92.4 Å². The highest BCUT2D eigenvalue weighted by Crippen LogP contribution is 2.48. The summed E-state index contributed by atoms with van der Waals surface area (Å²) < 4.78 is 146. The minimum absolute atomic E-state index is 0.0201. The van der Waals surface area contributed by atoms with E-state index in [1.54, 1.807) is 0 Å². The Morgan fingerprint density at radius 3 is 1.21 bits per heavy atom. The fourth-order valence-electron chi connectivity index (χ4n) is 16.3. The standard InChI is InChI=1S/C51H96N16O24S4/c68-9-7-52-46-58-48(62-50(60-46)56-33-18-29(92(78,79)80)13-22-15-37(94(84,85)86)41(43(72)39(22)33)66-64-27-2-5-35(70)24(11-27)20-90-76)54-26-1-4-32(31(17-26)45(74)75)55-49-59-47(53-8-10-69)61-51(63-49)57-34-19-30(93(81,82)83)14-23-16-38(95(87,88)89)42(44(73)40(23)34)67-65-28-3-6-36(71)25(12-28)21-91-77/h22-44,46-63,68-73,76-77H,1-21H2,(H,74,75)(H,78,79,80)(H,81,82,83)(H,84,85,86)(H,87,88,89). The summed E-state index contributed by atoms with van der Waals surface area (Å²) in [6, 6.07) is -7.64. The molecule has 25 N–H and O–H groups in total. The van der Waals surface area contributed by atoms with Gasteiger partial charge < -0.3 is 35.7 Å². The summed E-state index contributed by atoms with van der Waals surface area (Å²) in [6.07, 6.45) is -10.4. The molecule has 7 saturated carbocycles. The summed E-state index contributed by atoms with van der Waals surface area (Å²) in [5, 5.41) is 144. The Bertz CT molecular complexity index is 3060. The number of hydrogen-bond donors (Lipinski definition) is 25. The van der Waals surface area contributed by atoms with Gasteiger partial charge in [-0.25, -0.2) is 9.78 Å². The summed E-state index contributed by atoms with van der Waals surface area (Å²) in [5.41, 5.74) is 0. The predicted octanol–water partition coefficient (Wildman–Crippen LogP) is -6.58. The molecule has 0 aromatic heterocycles. The second kappa shape index (κ2) is 33.0. The first-order valence-corrected chi connectivity index (χ1v) is 38.3. The highest BCUT2D eigenvalue weighted by Gasteiger charge is 2.58. The van der Waals surface area contributed by atoms with Crippen molar-refractivity contribution in [2.45, 2.75) is 228 Å². The van der Waals surface area contributed by atoms with Gasteiger partial charge in [0, 0.05) is 60.9 Å². The molecule has 95 heavy (non-hydrogen) atoms. The first kappa shape index (κ1) is 76.6. The molecule has 7 aliphatic carbocycles. The zero-order valence-electron chi connectivity index (χ0n) is 51.8. The number of fused-ring (bicyclic) bond motifs is 2. The van der Waals surface area contributed by atoms with Crippen LogP contribution in [0.1, 0.15) is 96.3 Å². The first-order valence-electron chi connectivity index (χ1n) is 32.3. The molecule has 0 spiro atoms. The van der Waals surface area contributed by atoms with Crippen LogP contribution in [0.25, 0.3) is 0 Å². The average molecular weight is 1450 g/mol. The van der Waals surface area contributed by atoms with Gasteiger partial charge in [-0.3, -0.25) is 97.3 Å². The van der Waals surface area contributed by atoms with Gasteiger partial charge in [-0.1, -0.05) is 0 Å². The number of carbonyl (C=O) groups is 1. The Kier molecular flexibility index (Phi) is 26.6. The number of aliphatic hydroxyl groups is 6. The van der Waals surface area contributed by atoms with Crippen molar-refractivity contribution >= 4 is 46.4 Å². The molecule has 2 saturated heterocycles. The van der Waals surface area contributed by atoms with Crippen LogP contribution in [0, 0.1) is 41.4 Å². The summed E-state index contributed by atoms with van der Waals surface area (Å²) in [6.45, 7) is -0.951. The van der Waals surface area contributed by atoms with Gasteiger partial charge in [-0.2, -0.15) is 54.1 Å². The van der Waals surface area contributed by atoms with Crippen molar-refractivity contribution < 1.29 is 113 Å². The summed E-state index contributed by atoms with van der Waals surface area (Å²) in [4.78, 5) is 21.8. The smallest absolute Gasteiger partial charge is 0.308 e. The van der Waals surface area contributed by atoms with E-state index in [2.05, 4.69) is 94.0 Å². The van der Waals surface area contributed by atoms with Gasteiger partial charge in [0.2, 0.25) is 0 Å². The average Bonchev–Trinajstić information content (AvgIpc) is 0.755. The van der Waals surface area contributed by atoms with E-state index >= 15 is 0 Å². The number of hydrogen-bond acceptors (Lipinski definition) is 35. The van der Waals surface area contributed by atoms with Gasteiger partial charge in [0.15, 0.2) is 0 Å². The molecule has 2 heterocycles. The van der Waals surface area contributed by atoms with Crippen molar-refractivity contribution in [3.63, 3.8) is 0 Å². The van der Waals surface area contributed by atoms with E-state index in [4.69, 9.17) is 10.5 Å². The van der Waals surface area contributed by atoms with Gasteiger partial charge >= 0.3 is 5.97 Å². The van der Waals surface area contributed by atoms with Crippen molar-refractivity contribution in [1.82, 2.24) is 63.8 Å². The highest BCUT2D eigenvalue weighted by molar-refractivity contribution is 7.87. The van der Waals surface area contributed by atoms with Crippen LogP contribution in [0.3, 0.4) is 0 Å². The molecule has 9 aliphatic rings. The Balaban J connectivity index is 0.888. The van der Waals surface area contributed by atoms with Crippen LogP contribution >= 0.6 is 0 Å². The third kappa shape index (κ3) is 19.7. The van der Waals surface area contributed by atoms with E-state index in [0.717, 1.165) is 0 Å². The molecule has 0 amide bonds. The Labute approximate surface area is 549 Å². The lowest BCUT2D eigenvalue weighted by atomic mass is 9.65. The van der Waals surface area contributed by atoms with Crippen molar-refractivity contribution in [3.8, 4) is 0 Å².